The molecule has 3 aliphatic heterocycles. The van der Waals surface area contributed by atoms with Gasteiger partial charge in [0.2, 0.25) is 0 Å². The number of benzene rings is 2. The van der Waals surface area contributed by atoms with Gasteiger partial charge in [0, 0.05) is 36.8 Å². The highest BCUT2D eigenvalue weighted by molar-refractivity contribution is 5.91. The van der Waals surface area contributed by atoms with E-state index in [-0.39, 0.29) is 32.0 Å². The van der Waals surface area contributed by atoms with Crippen LogP contribution < -0.4 is 10.6 Å². The minimum atomic E-state index is -0.558. The summed E-state index contributed by atoms with van der Waals surface area (Å²) in [5.74, 6) is -0.485. The first kappa shape index (κ1) is 30.4. The summed E-state index contributed by atoms with van der Waals surface area (Å²) in [6.45, 7) is 7.32. The van der Waals surface area contributed by atoms with Gasteiger partial charge in [0.05, 0.1) is 25.4 Å². The maximum atomic E-state index is 12.2. The van der Waals surface area contributed by atoms with Crippen LogP contribution in [0.4, 0.5) is 10.5 Å². The Bertz CT molecular complexity index is 1150. The topological polar surface area (TPSA) is 113 Å². The normalized spacial score (nSPS) is 24.9. The van der Waals surface area contributed by atoms with Gasteiger partial charge in [0.15, 0.2) is 6.29 Å². The van der Waals surface area contributed by atoms with E-state index in [4.69, 9.17) is 14.2 Å². The van der Waals surface area contributed by atoms with Gasteiger partial charge >= 0.3 is 12.0 Å². The summed E-state index contributed by atoms with van der Waals surface area (Å²) in [6, 6.07) is 15.4. The fourth-order valence-electron chi connectivity index (χ4n) is 6.16. The van der Waals surface area contributed by atoms with Gasteiger partial charge in [0.25, 0.3) is 0 Å². The van der Waals surface area contributed by atoms with Crippen LogP contribution in [-0.4, -0.2) is 84.9 Å². The van der Waals surface area contributed by atoms with Crippen molar-refractivity contribution in [2.75, 3.05) is 51.2 Å². The zero-order valence-electron chi connectivity index (χ0n) is 24.5. The number of nitrogens with zero attached hydrogens (tertiary/aromatic N) is 2. The number of nitrogens with one attached hydrogen (secondary N) is 2. The van der Waals surface area contributed by atoms with Gasteiger partial charge in [-0.25, -0.2) is 4.79 Å². The van der Waals surface area contributed by atoms with E-state index in [1.807, 2.05) is 36.4 Å². The molecule has 0 spiro atoms. The number of likely N-dealkylation sites (tertiary alicyclic amines) is 2. The highest BCUT2D eigenvalue weighted by Crippen LogP contribution is 2.39. The second-order valence-corrected chi connectivity index (χ2v) is 11.4. The highest BCUT2D eigenvalue weighted by atomic mass is 16.7. The number of amides is 2. The fraction of sp³-hybridized carbons (Fsp3) is 0.562. The molecule has 228 valence electrons. The number of carbonyl (C=O) groups excluding carboxylic acids is 2. The lowest BCUT2D eigenvalue weighted by Gasteiger charge is -2.39. The zero-order chi connectivity index (χ0) is 29.3. The van der Waals surface area contributed by atoms with Crippen molar-refractivity contribution >= 4 is 17.7 Å². The summed E-state index contributed by atoms with van der Waals surface area (Å²) in [5.41, 5.74) is 3.39. The summed E-state index contributed by atoms with van der Waals surface area (Å²) in [5, 5.41) is 14.7. The van der Waals surface area contributed by atoms with Gasteiger partial charge in [0.1, 0.15) is 6.54 Å². The number of aliphatic hydroxyl groups is 1. The summed E-state index contributed by atoms with van der Waals surface area (Å²) >= 11 is 0. The molecule has 4 unspecified atom stereocenters. The number of aliphatic hydroxyl groups excluding tert-OH is 1. The Balaban J connectivity index is 1.25. The van der Waals surface area contributed by atoms with Crippen LogP contribution in [0.3, 0.4) is 0 Å². The molecule has 0 bridgehead atoms. The van der Waals surface area contributed by atoms with Crippen molar-refractivity contribution in [1.82, 2.24) is 15.1 Å². The summed E-state index contributed by atoms with van der Waals surface area (Å²) in [6.07, 6.45) is 5.11. The van der Waals surface area contributed by atoms with Crippen molar-refractivity contribution in [3.8, 4) is 0 Å². The Morgan fingerprint density at radius 2 is 1.69 bits per heavy atom. The second-order valence-electron chi connectivity index (χ2n) is 11.4. The minimum Gasteiger partial charge on any atom is -0.465 e. The third-order valence-corrected chi connectivity index (χ3v) is 8.36. The number of hydrogen-bond donors (Lipinski definition) is 3. The molecule has 0 aliphatic carbocycles. The van der Waals surface area contributed by atoms with Crippen molar-refractivity contribution < 1.29 is 28.9 Å². The Kier molecular flexibility index (Phi) is 10.8. The summed E-state index contributed by atoms with van der Waals surface area (Å²) < 4.78 is 17.9. The molecule has 2 aromatic rings. The van der Waals surface area contributed by atoms with Crippen LogP contribution in [0.1, 0.15) is 68.1 Å². The molecular formula is C32H44N4O6. The van der Waals surface area contributed by atoms with E-state index in [0.29, 0.717) is 11.7 Å². The molecule has 0 saturated carbocycles. The Morgan fingerprint density at radius 3 is 2.40 bits per heavy atom. The first-order chi connectivity index (χ1) is 20.5. The van der Waals surface area contributed by atoms with Gasteiger partial charge in [-0.3, -0.25) is 9.69 Å². The van der Waals surface area contributed by atoms with Crippen molar-refractivity contribution in [3.63, 3.8) is 0 Å². The number of esters is 1. The lowest BCUT2D eigenvalue weighted by Crippen LogP contribution is -2.45. The molecule has 5 rings (SSSR count). The number of anilines is 1. The molecule has 10 heteroatoms. The lowest BCUT2D eigenvalue weighted by atomic mass is 9.99. The first-order valence-corrected chi connectivity index (χ1v) is 15.3. The molecule has 0 radical (unpaired) electrons. The quantitative estimate of drug-likeness (QED) is 0.343. The van der Waals surface area contributed by atoms with Crippen LogP contribution in [0.5, 0.6) is 0 Å². The molecule has 10 nitrogen and oxygen atoms in total. The predicted molar refractivity (Wildman–Crippen MR) is 159 cm³/mol. The summed E-state index contributed by atoms with van der Waals surface area (Å²) in [7, 11) is 0. The van der Waals surface area contributed by atoms with Gasteiger partial charge in [-0.1, -0.05) is 36.4 Å². The van der Waals surface area contributed by atoms with Crippen LogP contribution in [0.25, 0.3) is 0 Å². The van der Waals surface area contributed by atoms with Gasteiger partial charge < -0.3 is 34.9 Å². The molecule has 0 aromatic heterocycles. The standard InChI is InChI=1S/C32H44N4O6/c1-2-40-30(38)19-33-32(39)34-26-13-11-25(12-14-26)31-41-28(18-29(42-31)24-9-7-23(22-37)8-10-24)21-36-17-5-6-27(36)20-35-15-3-4-16-35/h7-14,27-29,31,37H,2-6,15-22H2,1H3,(H2,33,34,39). The molecule has 2 amide bonds. The number of ether oxygens (including phenoxy) is 3. The van der Waals surface area contributed by atoms with Gasteiger partial charge in [-0.2, -0.15) is 0 Å². The van der Waals surface area contributed by atoms with E-state index in [2.05, 4.69) is 20.4 Å². The van der Waals surface area contributed by atoms with Crippen LogP contribution in [0, 0.1) is 0 Å². The third-order valence-electron chi connectivity index (χ3n) is 8.36. The molecular weight excluding hydrogens is 536 g/mol. The average molecular weight is 581 g/mol. The number of carbonyl (C=O) groups is 2. The van der Waals surface area contributed by atoms with Crippen LogP contribution in [0.15, 0.2) is 48.5 Å². The van der Waals surface area contributed by atoms with Crippen molar-refractivity contribution in [1.29, 1.82) is 0 Å². The largest absolute Gasteiger partial charge is 0.465 e. The van der Waals surface area contributed by atoms with E-state index in [1.54, 1.807) is 19.1 Å². The molecule has 3 aliphatic rings. The molecule has 3 heterocycles. The smallest absolute Gasteiger partial charge is 0.325 e. The molecule has 3 fully saturated rings. The van der Waals surface area contributed by atoms with Crippen LogP contribution >= 0.6 is 0 Å². The Morgan fingerprint density at radius 1 is 0.952 bits per heavy atom. The molecule has 2 aromatic carbocycles. The van der Waals surface area contributed by atoms with E-state index in [0.717, 1.165) is 42.7 Å². The Labute approximate surface area is 248 Å². The minimum absolute atomic E-state index is 0.00287. The first-order valence-electron chi connectivity index (χ1n) is 15.3. The second kappa shape index (κ2) is 14.9. The van der Waals surface area contributed by atoms with Crippen LogP contribution in [-0.2, 0) is 25.6 Å². The predicted octanol–water partition coefficient (Wildman–Crippen LogP) is 3.97. The molecule has 3 saturated heterocycles. The molecule has 42 heavy (non-hydrogen) atoms. The van der Waals surface area contributed by atoms with Crippen molar-refractivity contribution in [3.05, 3.63) is 65.2 Å². The Hall–Kier alpha value is -3.02. The third kappa shape index (κ3) is 8.29. The van der Waals surface area contributed by atoms with E-state index < -0.39 is 18.3 Å². The monoisotopic (exact) mass is 580 g/mol. The van der Waals surface area contributed by atoms with Crippen LogP contribution in [0.2, 0.25) is 0 Å². The maximum Gasteiger partial charge on any atom is 0.325 e. The van der Waals surface area contributed by atoms with E-state index in [9.17, 15) is 14.7 Å². The molecule has 4 atom stereocenters. The number of urea groups is 1. The molecule has 3 N–H and O–H groups in total. The average Bonchev–Trinajstić information content (AvgIpc) is 3.69. The number of hydrogen-bond acceptors (Lipinski definition) is 8. The van der Waals surface area contributed by atoms with E-state index >= 15 is 0 Å². The van der Waals surface area contributed by atoms with Crippen molar-refractivity contribution in [2.24, 2.45) is 0 Å². The zero-order valence-corrected chi connectivity index (χ0v) is 24.5. The SMILES string of the molecule is CCOC(=O)CNC(=O)Nc1ccc(C2OC(CN3CCCC3CN3CCCC3)CC(c3ccc(CO)cc3)O2)cc1. The number of rotatable bonds is 11. The van der Waals surface area contributed by atoms with Gasteiger partial charge in [-0.05, 0) is 75.5 Å². The maximum absolute atomic E-state index is 12.2. The van der Waals surface area contributed by atoms with Gasteiger partial charge in [-0.15, -0.1) is 0 Å². The summed E-state index contributed by atoms with van der Waals surface area (Å²) in [4.78, 5) is 28.9. The van der Waals surface area contributed by atoms with Crippen molar-refractivity contribution in [2.45, 2.75) is 70.2 Å². The highest BCUT2D eigenvalue weighted by Gasteiger charge is 2.36. The lowest BCUT2D eigenvalue weighted by molar-refractivity contribution is -0.253. The van der Waals surface area contributed by atoms with E-state index in [1.165, 1.54) is 38.8 Å². The fourth-order valence-corrected chi connectivity index (χ4v) is 6.16.